The van der Waals surface area contributed by atoms with Gasteiger partial charge in [-0.15, -0.1) is 0 Å². The minimum absolute atomic E-state index is 0.190. The van der Waals surface area contributed by atoms with Gasteiger partial charge in [0.25, 0.3) is 0 Å². The number of aromatic nitrogens is 1. The van der Waals surface area contributed by atoms with Crippen molar-refractivity contribution in [2.45, 2.75) is 25.4 Å². The van der Waals surface area contributed by atoms with Gasteiger partial charge in [0.2, 0.25) is 0 Å². The van der Waals surface area contributed by atoms with Crippen molar-refractivity contribution in [3.8, 4) is 0 Å². The molecule has 2 aliphatic heterocycles. The van der Waals surface area contributed by atoms with Crippen molar-refractivity contribution >= 4 is 11.9 Å². The van der Waals surface area contributed by atoms with E-state index in [1.807, 2.05) is 17.9 Å². The number of carboxylic acids is 1. The summed E-state index contributed by atoms with van der Waals surface area (Å²) in [5, 5.41) is 9.61. The minimum Gasteiger partial charge on any atom is -0.480 e. The van der Waals surface area contributed by atoms with Gasteiger partial charge in [0.15, 0.2) is 0 Å². The van der Waals surface area contributed by atoms with Gasteiger partial charge in [0.1, 0.15) is 11.2 Å². The molecular weight excluding hydrogens is 272 g/mol. The van der Waals surface area contributed by atoms with Gasteiger partial charge < -0.3 is 14.4 Å². The molecule has 1 saturated carbocycles. The van der Waals surface area contributed by atoms with Crippen LogP contribution in [-0.4, -0.2) is 45.7 Å². The van der Waals surface area contributed by atoms with Crippen molar-refractivity contribution in [1.82, 2.24) is 9.47 Å². The molecule has 3 fully saturated rings. The van der Waals surface area contributed by atoms with Crippen LogP contribution in [0.15, 0.2) is 12.1 Å². The largest absolute Gasteiger partial charge is 0.480 e. The van der Waals surface area contributed by atoms with Gasteiger partial charge in [-0.2, -0.15) is 0 Å². The second-order valence-electron chi connectivity index (χ2n) is 6.12. The molecule has 114 valence electrons. The van der Waals surface area contributed by atoms with E-state index >= 15 is 0 Å². The summed E-state index contributed by atoms with van der Waals surface area (Å²) >= 11 is 0. The first-order valence-corrected chi connectivity index (χ1v) is 7.13. The molecule has 3 aliphatic rings. The van der Waals surface area contributed by atoms with E-state index in [1.54, 1.807) is 17.7 Å². The van der Waals surface area contributed by atoms with Gasteiger partial charge in [0, 0.05) is 25.8 Å². The van der Waals surface area contributed by atoms with Gasteiger partial charge in [-0.1, -0.05) is 6.92 Å². The molecular formula is C15H20N2O4. The lowest BCUT2D eigenvalue weighted by Gasteiger charge is -2.44. The Morgan fingerprint density at radius 1 is 1.48 bits per heavy atom. The highest BCUT2D eigenvalue weighted by Crippen LogP contribution is 2.55. The molecule has 1 N–H and O–H groups in total. The SMILES string of the molecule is COC(=O)c1ccc(CN2C[C@@H]3C[C@@]2(C(=O)O)[C@@H]3C)n1C. The number of hydrogen-bond acceptors (Lipinski definition) is 4. The normalized spacial score (nSPS) is 31.0. The number of aliphatic carboxylic acids is 1. The number of rotatable bonds is 4. The summed E-state index contributed by atoms with van der Waals surface area (Å²) in [4.78, 5) is 25.4. The number of methoxy groups -OCH3 is 1. The van der Waals surface area contributed by atoms with Gasteiger partial charge in [-0.25, -0.2) is 4.79 Å². The number of ether oxygens (including phenoxy) is 1. The fraction of sp³-hybridized carbons (Fsp3) is 0.600. The Labute approximate surface area is 123 Å². The topological polar surface area (TPSA) is 71.8 Å². The van der Waals surface area contributed by atoms with Crippen LogP contribution in [0.3, 0.4) is 0 Å². The predicted octanol–water partition coefficient (Wildman–Crippen LogP) is 1.11. The third kappa shape index (κ3) is 1.75. The second-order valence-corrected chi connectivity index (χ2v) is 6.12. The smallest absolute Gasteiger partial charge is 0.354 e. The van der Waals surface area contributed by atoms with Crippen LogP contribution in [0.1, 0.15) is 29.5 Å². The first-order valence-electron chi connectivity index (χ1n) is 7.13. The lowest BCUT2D eigenvalue weighted by atomic mass is 9.64. The molecule has 2 bridgehead atoms. The van der Waals surface area contributed by atoms with Crippen LogP contribution in [0.4, 0.5) is 0 Å². The summed E-state index contributed by atoms with van der Waals surface area (Å²) in [6.07, 6.45) is 0.734. The Bertz CT molecular complexity index is 609. The predicted molar refractivity (Wildman–Crippen MR) is 74.8 cm³/mol. The Balaban J connectivity index is 1.84. The van der Waals surface area contributed by atoms with Crippen molar-refractivity contribution in [2.75, 3.05) is 13.7 Å². The lowest BCUT2D eigenvalue weighted by molar-refractivity contribution is -0.157. The van der Waals surface area contributed by atoms with Crippen molar-refractivity contribution < 1.29 is 19.4 Å². The minimum atomic E-state index is -0.730. The van der Waals surface area contributed by atoms with Crippen molar-refractivity contribution in [1.29, 1.82) is 0 Å². The fourth-order valence-electron chi connectivity index (χ4n) is 3.92. The average molecular weight is 292 g/mol. The standard InChI is InChI=1S/C15H20N2O4/c1-9-10-6-15(9,14(19)20)17(7-10)8-11-4-5-12(16(11)2)13(18)21-3/h4-5,9-10H,6-8H2,1-3H3,(H,19,20)/t9-,10+,15+/m1/s1. The van der Waals surface area contributed by atoms with E-state index in [-0.39, 0.29) is 11.9 Å². The van der Waals surface area contributed by atoms with Gasteiger partial charge in [-0.05, 0) is 30.4 Å². The summed E-state index contributed by atoms with van der Waals surface area (Å²) in [5.41, 5.74) is 0.688. The van der Waals surface area contributed by atoms with E-state index in [2.05, 4.69) is 0 Å². The molecule has 0 radical (unpaired) electrons. The zero-order valence-corrected chi connectivity index (χ0v) is 12.5. The average Bonchev–Trinajstić information content (AvgIpc) is 3.09. The summed E-state index contributed by atoms with van der Waals surface area (Å²) in [5.74, 6) is -0.446. The van der Waals surface area contributed by atoms with Gasteiger partial charge in [-0.3, -0.25) is 9.69 Å². The maximum absolute atomic E-state index is 11.7. The maximum atomic E-state index is 11.7. The Hall–Kier alpha value is -1.82. The molecule has 4 rings (SSSR count). The highest BCUT2D eigenvalue weighted by molar-refractivity contribution is 5.87. The summed E-state index contributed by atoms with van der Waals surface area (Å²) in [6, 6.07) is 3.58. The van der Waals surface area contributed by atoms with Crippen LogP contribution in [-0.2, 0) is 23.1 Å². The molecule has 0 spiro atoms. The molecule has 1 aliphatic carbocycles. The van der Waals surface area contributed by atoms with Crippen molar-refractivity contribution in [3.05, 3.63) is 23.5 Å². The first kappa shape index (κ1) is 14.1. The van der Waals surface area contributed by atoms with Gasteiger partial charge in [0.05, 0.1) is 7.11 Å². The molecule has 6 heteroatoms. The third-order valence-corrected chi connectivity index (χ3v) is 5.40. The first-order chi connectivity index (χ1) is 9.91. The number of carbonyl (C=O) groups excluding carboxylic acids is 1. The van der Waals surface area contributed by atoms with Crippen LogP contribution in [0.5, 0.6) is 0 Å². The Kier molecular flexibility index (Phi) is 3.09. The number of esters is 1. The van der Waals surface area contributed by atoms with Crippen LogP contribution >= 0.6 is 0 Å². The monoisotopic (exact) mass is 292 g/mol. The van der Waals surface area contributed by atoms with E-state index in [0.717, 1.165) is 18.7 Å². The summed E-state index contributed by atoms with van der Waals surface area (Å²) in [7, 11) is 3.16. The van der Waals surface area contributed by atoms with Crippen LogP contribution in [0.25, 0.3) is 0 Å². The molecule has 0 aromatic carbocycles. The Morgan fingerprint density at radius 2 is 2.19 bits per heavy atom. The quantitative estimate of drug-likeness (QED) is 0.842. The van der Waals surface area contributed by atoms with E-state index < -0.39 is 11.5 Å². The highest BCUT2D eigenvalue weighted by Gasteiger charge is 2.66. The van der Waals surface area contributed by atoms with Crippen LogP contribution in [0, 0.1) is 11.8 Å². The van der Waals surface area contributed by atoms with Crippen LogP contribution < -0.4 is 0 Å². The number of fused-ring (bicyclic) bond motifs is 1. The zero-order valence-electron chi connectivity index (χ0n) is 12.5. The van der Waals surface area contributed by atoms with E-state index in [4.69, 9.17) is 4.74 Å². The van der Waals surface area contributed by atoms with E-state index in [9.17, 15) is 14.7 Å². The molecule has 0 unspecified atom stereocenters. The number of carboxylic acid groups (broad SMARTS) is 1. The molecule has 3 heterocycles. The summed E-state index contributed by atoms with van der Waals surface area (Å²) < 4.78 is 6.52. The molecule has 3 atom stereocenters. The molecule has 2 saturated heterocycles. The zero-order chi connectivity index (χ0) is 15.4. The lowest BCUT2D eigenvalue weighted by Crippen LogP contribution is -2.58. The Morgan fingerprint density at radius 3 is 2.76 bits per heavy atom. The van der Waals surface area contributed by atoms with Crippen LogP contribution in [0.2, 0.25) is 0 Å². The number of carbonyl (C=O) groups is 2. The highest BCUT2D eigenvalue weighted by atomic mass is 16.5. The fourth-order valence-corrected chi connectivity index (χ4v) is 3.92. The molecule has 1 aromatic heterocycles. The van der Waals surface area contributed by atoms with Crippen molar-refractivity contribution in [3.63, 3.8) is 0 Å². The van der Waals surface area contributed by atoms with E-state index in [1.165, 1.54) is 7.11 Å². The van der Waals surface area contributed by atoms with Crippen molar-refractivity contribution in [2.24, 2.45) is 18.9 Å². The molecule has 6 nitrogen and oxygen atoms in total. The molecule has 0 amide bonds. The maximum Gasteiger partial charge on any atom is 0.354 e. The second kappa shape index (κ2) is 4.59. The number of nitrogens with zero attached hydrogens (tertiary/aromatic N) is 2. The van der Waals surface area contributed by atoms with Gasteiger partial charge >= 0.3 is 11.9 Å². The number of hydrogen-bond donors (Lipinski definition) is 1. The van der Waals surface area contributed by atoms with E-state index in [0.29, 0.717) is 18.2 Å². The molecule has 21 heavy (non-hydrogen) atoms. The summed E-state index contributed by atoms with van der Waals surface area (Å²) in [6.45, 7) is 3.37. The molecule has 1 aromatic rings. The third-order valence-electron chi connectivity index (χ3n) is 5.40.